The lowest BCUT2D eigenvalue weighted by Gasteiger charge is -2.20. The lowest BCUT2D eigenvalue weighted by molar-refractivity contribution is -0.137. The Morgan fingerprint density at radius 2 is 1.70 bits per heavy atom. The van der Waals surface area contributed by atoms with Crippen molar-refractivity contribution in [3.8, 4) is 0 Å². The largest absolute Gasteiger partial charge is 0.416 e. The summed E-state index contributed by atoms with van der Waals surface area (Å²) in [4.78, 5) is -0.362. The van der Waals surface area contributed by atoms with E-state index in [4.69, 9.17) is 5.11 Å². The number of halogens is 3. The highest BCUT2D eigenvalue weighted by molar-refractivity contribution is 7.89. The Morgan fingerprint density at radius 3 is 2.10 bits per heavy atom. The van der Waals surface area contributed by atoms with Crippen LogP contribution in [-0.2, 0) is 16.2 Å². The second-order valence-electron chi connectivity index (χ2n) is 4.50. The molecule has 0 aromatic heterocycles. The van der Waals surface area contributed by atoms with E-state index in [2.05, 4.69) is 0 Å². The molecule has 5 nitrogen and oxygen atoms in total. The molecule has 20 heavy (non-hydrogen) atoms. The van der Waals surface area contributed by atoms with Crippen molar-refractivity contribution in [3.05, 3.63) is 29.8 Å². The molecule has 0 fully saturated rings. The molecule has 3 N–H and O–H groups in total. The van der Waals surface area contributed by atoms with E-state index in [1.807, 2.05) is 4.72 Å². The molecule has 0 aliphatic rings. The number of hydrogen-bond acceptors (Lipinski definition) is 4. The maximum Gasteiger partial charge on any atom is 0.416 e. The molecule has 0 radical (unpaired) electrons. The van der Waals surface area contributed by atoms with E-state index < -0.39 is 40.5 Å². The molecule has 9 heteroatoms. The van der Waals surface area contributed by atoms with Gasteiger partial charge in [-0.15, -0.1) is 0 Å². The fourth-order valence-corrected chi connectivity index (χ4v) is 2.37. The van der Waals surface area contributed by atoms with Gasteiger partial charge in [-0.1, -0.05) is 0 Å². The summed E-state index contributed by atoms with van der Waals surface area (Å²) in [6.45, 7) is 0.0810. The SMILES string of the molecule is CC(O)(CO)CNS(=O)(=O)c1ccc(C(F)(F)F)cc1. The van der Waals surface area contributed by atoms with Crippen LogP contribution in [0.2, 0.25) is 0 Å². The third-order valence-electron chi connectivity index (χ3n) is 2.48. The zero-order chi connectivity index (χ0) is 15.6. The first kappa shape index (κ1) is 16.9. The molecule has 1 aromatic carbocycles. The number of hydrogen-bond donors (Lipinski definition) is 3. The Kier molecular flexibility index (Phi) is 4.80. The van der Waals surface area contributed by atoms with E-state index in [-0.39, 0.29) is 4.90 Å². The van der Waals surface area contributed by atoms with E-state index in [0.29, 0.717) is 12.1 Å². The van der Waals surface area contributed by atoms with Crippen LogP contribution in [0.25, 0.3) is 0 Å². The van der Waals surface area contributed by atoms with E-state index in [0.717, 1.165) is 12.1 Å². The molecule has 0 aliphatic heterocycles. The summed E-state index contributed by atoms with van der Waals surface area (Å²) in [5.41, 5.74) is -2.61. The van der Waals surface area contributed by atoms with Crippen LogP contribution < -0.4 is 4.72 Å². The van der Waals surface area contributed by atoms with Crippen LogP contribution in [0.15, 0.2) is 29.2 Å². The zero-order valence-electron chi connectivity index (χ0n) is 10.5. The third kappa shape index (κ3) is 4.44. The Labute approximate surface area is 114 Å². The maximum absolute atomic E-state index is 12.3. The molecule has 0 aliphatic carbocycles. The standard InChI is InChI=1S/C11H14F3NO4S/c1-10(17,7-16)6-15-20(18,19)9-4-2-8(3-5-9)11(12,13)14/h2-5,15-17H,6-7H2,1H3. The van der Waals surface area contributed by atoms with Crippen LogP contribution in [0.3, 0.4) is 0 Å². The van der Waals surface area contributed by atoms with Crippen molar-refractivity contribution in [3.63, 3.8) is 0 Å². The summed E-state index contributed by atoms with van der Waals surface area (Å²) in [6.07, 6.45) is -4.55. The normalized spacial score (nSPS) is 15.9. The van der Waals surface area contributed by atoms with E-state index in [9.17, 15) is 26.7 Å². The molecule has 0 spiro atoms. The molecule has 0 saturated heterocycles. The highest BCUT2D eigenvalue weighted by Gasteiger charge is 2.31. The Bertz CT molecular complexity index is 552. The number of nitrogens with one attached hydrogen (secondary N) is 1. The van der Waals surface area contributed by atoms with E-state index in [1.165, 1.54) is 6.92 Å². The lowest BCUT2D eigenvalue weighted by Crippen LogP contribution is -2.43. The second-order valence-corrected chi connectivity index (χ2v) is 6.27. The van der Waals surface area contributed by atoms with Gasteiger partial charge in [0, 0.05) is 6.54 Å². The average Bonchev–Trinajstić information content (AvgIpc) is 2.36. The third-order valence-corrected chi connectivity index (χ3v) is 3.89. The number of aliphatic hydroxyl groups excluding tert-OH is 1. The van der Waals surface area contributed by atoms with Gasteiger partial charge in [0.15, 0.2) is 0 Å². The van der Waals surface area contributed by atoms with Gasteiger partial charge >= 0.3 is 6.18 Å². The number of rotatable bonds is 5. The summed E-state index contributed by atoms with van der Waals surface area (Å²) in [5.74, 6) is 0. The molecule has 0 heterocycles. The molecule has 1 atom stereocenters. The molecular weight excluding hydrogens is 299 g/mol. The lowest BCUT2D eigenvalue weighted by atomic mass is 10.1. The highest BCUT2D eigenvalue weighted by Crippen LogP contribution is 2.29. The molecule has 1 rings (SSSR count). The van der Waals surface area contributed by atoms with Gasteiger partial charge in [0.1, 0.15) is 0 Å². The first-order valence-electron chi connectivity index (χ1n) is 5.48. The predicted molar refractivity (Wildman–Crippen MR) is 64.3 cm³/mol. The molecule has 1 unspecified atom stereocenters. The van der Waals surface area contributed by atoms with Crippen LogP contribution >= 0.6 is 0 Å². The molecule has 0 bridgehead atoms. The Morgan fingerprint density at radius 1 is 1.20 bits per heavy atom. The summed E-state index contributed by atoms with van der Waals surface area (Å²) in [6, 6.07) is 2.94. The number of sulfonamides is 1. The number of aliphatic hydroxyl groups is 2. The monoisotopic (exact) mass is 313 g/mol. The number of benzene rings is 1. The van der Waals surface area contributed by atoms with Crippen molar-refractivity contribution in [2.45, 2.75) is 23.6 Å². The summed E-state index contributed by atoms with van der Waals surface area (Å²) in [7, 11) is -4.05. The van der Waals surface area contributed by atoms with E-state index in [1.54, 1.807) is 0 Å². The van der Waals surface area contributed by atoms with Crippen LogP contribution in [0.4, 0.5) is 13.2 Å². The minimum atomic E-state index is -4.55. The van der Waals surface area contributed by atoms with Crippen LogP contribution in [0.5, 0.6) is 0 Å². The van der Waals surface area contributed by atoms with Gasteiger partial charge in [0.25, 0.3) is 0 Å². The second kappa shape index (κ2) is 5.68. The maximum atomic E-state index is 12.3. The van der Waals surface area contributed by atoms with Crippen LogP contribution in [0.1, 0.15) is 12.5 Å². The average molecular weight is 313 g/mol. The van der Waals surface area contributed by atoms with Gasteiger partial charge < -0.3 is 10.2 Å². The topological polar surface area (TPSA) is 86.6 Å². The van der Waals surface area contributed by atoms with Crippen molar-refractivity contribution >= 4 is 10.0 Å². The fraction of sp³-hybridized carbons (Fsp3) is 0.455. The molecule has 0 amide bonds. The first-order chi connectivity index (χ1) is 8.98. The molecular formula is C11H14F3NO4S. The predicted octanol–water partition coefficient (Wildman–Crippen LogP) is 0.727. The van der Waals surface area contributed by atoms with Crippen molar-refractivity contribution in [2.24, 2.45) is 0 Å². The highest BCUT2D eigenvalue weighted by atomic mass is 32.2. The Balaban J connectivity index is 2.89. The van der Waals surface area contributed by atoms with Crippen LogP contribution in [-0.4, -0.2) is 37.4 Å². The smallest absolute Gasteiger partial charge is 0.393 e. The van der Waals surface area contributed by atoms with Crippen molar-refractivity contribution in [2.75, 3.05) is 13.2 Å². The van der Waals surface area contributed by atoms with Crippen molar-refractivity contribution in [1.29, 1.82) is 0 Å². The van der Waals surface area contributed by atoms with Gasteiger partial charge in [-0.25, -0.2) is 13.1 Å². The zero-order valence-corrected chi connectivity index (χ0v) is 11.3. The molecule has 0 saturated carbocycles. The summed E-state index contributed by atoms with van der Waals surface area (Å²) in [5, 5.41) is 18.2. The first-order valence-corrected chi connectivity index (χ1v) is 6.96. The summed E-state index contributed by atoms with van der Waals surface area (Å²) >= 11 is 0. The Hall–Kier alpha value is -1.16. The van der Waals surface area contributed by atoms with Gasteiger partial charge in [0.2, 0.25) is 10.0 Å². The number of alkyl halides is 3. The molecule has 114 valence electrons. The van der Waals surface area contributed by atoms with Gasteiger partial charge in [0.05, 0.1) is 22.7 Å². The van der Waals surface area contributed by atoms with Crippen molar-refractivity contribution < 1.29 is 31.8 Å². The summed E-state index contributed by atoms with van der Waals surface area (Å²) < 4.78 is 62.6. The van der Waals surface area contributed by atoms with Gasteiger partial charge in [-0.2, -0.15) is 13.2 Å². The fourth-order valence-electron chi connectivity index (χ4n) is 1.21. The van der Waals surface area contributed by atoms with Gasteiger partial charge in [-0.05, 0) is 31.2 Å². The van der Waals surface area contributed by atoms with Gasteiger partial charge in [-0.3, -0.25) is 0 Å². The minimum absolute atomic E-state index is 0.362. The van der Waals surface area contributed by atoms with Crippen LogP contribution in [0, 0.1) is 0 Å². The molecule has 1 aromatic rings. The minimum Gasteiger partial charge on any atom is -0.393 e. The quantitative estimate of drug-likeness (QED) is 0.748. The van der Waals surface area contributed by atoms with E-state index >= 15 is 0 Å². The van der Waals surface area contributed by atoms with Crippen molar-refractivity contribution in [1.82, 2.24) is 4.72 Å².